The molecule has 0 saturated carbocycles. The van der Waals surface area contributed by atoms with Crippen LogP contribution in [-0.2, 0) is 13.0 Å². The molecule has 0 unspecified atom stereocenters. The van der Waals surface area contributed by atoms with E-state index in [1.807, 2.05) is 18.2 Å². The van der Waals surface area contributed by atoms with Crippen molar-refractivity contribution in [3.05, 3.63) is 83.6 Å². The quantitative estimate of drug-likeness (QED) is 0.401. The number of nitrogens with one attached hydrogen (secondary N) is 1. The van der Waals surface area contributed by atoms with E-state index in [-0.39, 0.29) is 5.91 Å². The van der Waals surface area contributed by atoms with Crippen molar-refractivity contribution in [2.75, 3.05) is 13.2 Å². The fourth-order valence-corrected chi connectivity index (χ4v) is 3.62. The Hall–Kier alpha value is -3.54. The van der Waals surface area contributed by atoms with E-state index < -0.39 is 0 Å². The normalized spacial score (nSPS) is 11.0. The van der Waals surface area contributed by atoms with Crippen LogP contribution in [0.4, 0.5) is 0 Å². The Morgan fingerprint density at radius 2 is 2.00 bits per heavy atom. The van der Waals surface area contributed by atoms with E-state index in [0.29, 0.717) is 25.3 Å². The van der Waals surface area contributed by atoms with Gasteiger partial charge in [0.05, 0.1) is 23.9 Å². The van der Waals surface area contributed by atoms with E-state index in [2.05, 4.69) is 48.0 Å². The summed E-state index contributed by atoms with van der Waals surface area (Å²) in [7, 11) is 0. The van der Waals surface area contributed by atoms with Gasteiger partial charge in [0.15, 0.2) is 5.76 Å². The highest BCUT2D eigenvalue weighted by Gasteiger charge is 2.12. The summed E-state index contributed by atoms with van der Waals surface area (Å²) in [6, 6.07) is 17.7. The fourth-order valence-electron chi connectivity index (χ4n) is 3.62. The predicted molar refractivity (Wildman–Crippen MR) is 121 cm³/mol. The van der Waals surface area contributed by atoms with Gasteiger partial charge in [0.2, 0.25) is 0 Å². The van der Waals surface area contributed by atoms with Gasteiger partial charge in [0, 0.05) is 19.5 Å². The van der Waals surface area contributed by atoms with Gasteiger partial charge < -0.3 is 19.0 Å². The Labute approximate surface area is 181 Å². The molecule has 1 amide bonds. The molecule has 0 aliphatic heterocycles. The second kappa shape index (κ2) is 9.51. The molecule has 4 rings (SSSR count). The number of aryl methyl sites for hydroxylation is 3. The molecule has 31 heavy (non-hydrogen) atoms. The summed E-state index contributed by atoms with van der Waals surface area (Å²) in [4.78, 5) is 16.9. The summed E-state index contributed by atoms with van der Waals surface area (Å²) in [5.74, 6) is 2.00. The summed E-state index contributed by atoms with van der Waals surface area (Å²) in [5, 5.41) is 2.89. The molecule has 160 valence electrons. The number of aromatic nitrogens is 2. The van der Waals surface area contributed by atoms with Crippen LogP contribution < -0.4 is 10.1 Å². The van der Waals surface area contributed by atoms with Crippen LogP contribution in [0.5, 0.6) is 5.75 Å². The summed E-state index contributed by atoms with van der Waals surface area (Å²) < 4.78 is 13.4. The van der Waals surface area contributed by atoms with Gasteiger partial charge in [0.25, 0.3) is 5.91 Å². The molecule has 0 saturated heterocycles. The maximum Gasteiger partial charge on any atom is 0.286 e. The lowest BCUT2D eigenvalue weighted by Crippen LogP contribution is -2.26. The lowest BCUT2D eigenvalue weighted by molar-refractivity contribution is 0.0926. The number of para-hydroxylation sites is 2. The van der Waals surface area contributed by atoms with Gasteiger partial charge in [-0.05, 0) is 61.7 Å². The van der Waals surface area contributed by atoms with Gasteiger partial charge in [-0.15, -0.1) is 0 Å². The van der Waals surface area contributed by atoms with Crippen LogP contribution >= 0.6 is 0 Å². The lowest BCUT2D eigenvalue weighted by atomic mass is 10.1. The first-order valence-electron chi connectivity index (χ1n) is 10.6. The van der Waals surface area contributed by atoms with Crippen molar-refractivity contribution in [3.8, 4) is 5.75 Å². The maximum atomic E-state index is 12.1. The number of fused-ring (bicyclic) bond motifs is 1. The number of hydrogen-bond donors (Lipinski definition) is 1. The molecule has 0 aliphatic rings. The smallest absolute Gasteiger partial charge is 0.286 e. The minimum Gasteiger partial charge on any atom is -0.493 e. The van der Waals surface area contributed by atoms with Crippen molar-refractivity contribution in [2.24, 2.45) is 0 Å². The van der Waals surface area contributed by atoms with Crippen LogP contribution in [0.2, 0.25) is 0 Å². The topological polar surface area (TPSA) is 69.3 Å². The van der Waals surface area contributed by atoms with E-state index in [9.17, 15) is 4.79 Å². The van der Waals surface area contributed by atoms with Crippen molar-refractivity contribution in [2.45, 2.75) is 33.2 Å². The molecule has 4 aromatic rings. The zero-order valence-electron chi connectivity index (χ0n) is 17.9. The third kappa shape index (κ3) is 4.97. The summed E-state index contributed by atoms with van der Waals surface area (Å²) >= 11 is 0. The van der Waals surface area contributed by atoms with Crippen molar-refractivity contribution in [1.82, 2.24) is 14.9 Å². The van der Waals surface area contributed by atoms with Gasteiger partial charge >= 0.3 is 0 Å². The third-order valence-corrected chi connectivity index (χ3v) is 5.24. The number of ether oxygens (including phenoxy) is 1. The maximum absolute atomic E-state index is 12.1. The molecule has 6 heteroatoms. The second-order valence-electron chi connectivity index (χ2n) is 7.62. The van der Waals surface area contributed by atoms with Crippen LogP contribution in [-0.4, -0.2) is 28.6 Å². The minimum absolute atomic E-state index is 0.213. The standard InChI is InChI=1S/C25H27N3O3/c1-18-10-11-19(2)23(17-18)31-16-6-14-28-21-8-4-3-7-20(21)27-24(28)12-13-26-25(29)22-9-5-15-30-22/h3-5,7-11,15,17H,6,12-14,16H2,1-2H3,(H,26,29). The third-order valence-electron chi connectivity index (χ3n) is 5.24. The lowest BCUT2D eigenvalue weighted by Gasteiger charge is -2.12. The molecule has 0 aliphatic carbocycles. The van der Waals surface area contributed by atoms with Gasteiger partial charge in [-0.25, -0.2) is 4.98 Å². The zero-order valence-corrected chi connectivity index (χ0v) is 17.9. The van der Waals surface area contributed by atoms with E-state index in [4.69, 9.17) is 14.1 Å². The Morgan fingerprint density at radius 3 is 2.84 bits per heavy atom. The molecule has 0 radical (unpaired) electrons. The largest absolute Gasteiger partial charge is 0.493 e. The highest BCUT2D eigenvalue weighted by atomic mass is 16.5. The number of benzene rings is 2. The first-order valence-corrected chi connectivity index (χ1v) is 10.6. The molecule has 2 aromatic heterocycles. The highest BCUT2D eigenvalue weighted by Crippen LogP contribution is 2.20. The van der Waals surface area contributed by atoms with E-state index >= 15 is 0 Å². The van der Waals surface area contributed by atoms with Crippen LogP contribution in [0.25, 0.3) is 11.0 Å². The number of nitrogens with zero attached hydrogens (tertiary/aromatic N) is 2. The first-order chi connectivity index (χ1) is 15.1. The van der Waals surface area contributed by atoms with Crippen molar-refractivity contribution in [1.29, 1.82) is 0 Å². The van der Waals surface area contributed by atoms with E-state index in [1.54, 1.807) is 12.1 Å². The molecule has 1 N–H and O–H groups in total. The number of furan rings is 1. The van der Waals surface area contributed by atoms with Crippen molar-refractivity contribution < 1.29 is 13.9 Å². The average Bonchev–Trinajstić information content (AvgIpc) is 3.42. The fraction of sp³-hybridized carbons (Fsp3) is 0.280. The first kappa shape index (κ1) is 20.7. The Bertz CT molecular complexity index is 1160. The molecular weight excluding hydrogens is 390 g/mol. The second-order valence-corrected chi connectivity index (χ2v) is 7.62. The number of carbonyl (C=O) groups is 1. The minimum atomic E-state index is -0.213. The van der Waals surface area contributed by atoms with Crippen molar-refractivity contribution >= 4 is 16.9 Å². The van der Waals surface area contributed by atoms with Crippen LogP contribution in [0, 0.1) is 13.8 Å². The molecule has 2 aromatic carbocycles. The summed E-state index contributed by atoms with van der Waals surface area (Å²) in [5.41, 5.74) is 4.40. The van der Waals surface area contributed by atoms with Crippen LogP contribution in [0.1, 0.15) is 33.9 Å². The number of rotatable bonds is 9. The summed E-state index contributed by atoms with van der Waals surface area (Å²) in [6.07, 6.45) is 2.99. The van der Waals surface area contributed by atoms with E-state index in [1.165, 1.54) is 11.8 Å². The summed E-state index contributed by atoms with van der Waals surface area (Å²) in [6.45, 7) is 6.05. The van der Waals surface area contributed by atoms with Crippen molar-refractivity contribution in [3.63, 3.8) is 0 Å². The van der Waals surface area contributed by atoms with E-state index in [0.717, 1.165) is 41.1 Å². The Kier molecular flexibility index (Phi) is 6.36. The van der Waals surface area contributed by atoms with Gasteiger partial charge in [-0.2, -0.15) is 0 Å². The molecule has 0 atom stereocenters. The molecule has 2 heterocycles. The number of imidazole rings is 1. The van der Waals surface area contributed by atoms with Gasteiger partial charge in [-0.3, -0.25) is 4.79 Å². The zero-order chi connectivity index (χ0) is 21.6. The molecular formula is C25H27N3O3. The predicted octanol–water partition coefficient (Wildman–Crippen LogP) is 4.69. The number of amides is 1. The van der Waals surface area contributed by atoms with Gasteiger partial charge in [0.1, 0.15) is 11.6 Å². The Morgan fingerprint density at radius 1 is 1.13 bits per heavy atom. The monoisotopic (exact) mass is 417 g/mol. The molecule has 6 nitrogen and oxygen atoms in total. The van der Waals surface area contributed by atoms with Crippen LogP contribution in [0.15, 0.2) is 65.3 Å². The number of hydrogen-bond acceptors (Lipinski definition) is 4. The molecule has 0 fully saturated rings. The van der Waals surface area contributed by atoms with Crippen LogP contribution in [0.3, 0.4) is 0 Å². The highest BCUT2D eigenvalue weighted by molar-refractivity contribution is 5.91. The SMILES string of the molecule is Cc1ccc(C)c(OCCCn2c(CCNC(=O)c3ccco3)nc3ccccc32)c1. The van der Waals surface area contributed by atoms with Gasteiger partial charge in [-0.1, -0.05) is 24.3 Å². The Balaban J connectivity index is 1.39. The molecule has 0 spiro atoms. The average molecular weight is 418 g/mol. The number of carbonyl (C=O) groups excluding carboxylic acids is 1. The molecule has 0 bridgehead atoms.